The first kappa shape index (κ1) is 23.6. The van der Waals surface area contributed by atoms with Crippen LogP contribution in [-0.2, 0) is 4.74 Å². The highest BCUT2D eigenvalue weighted by Crippen LogP contribution is 2.34. The molecule has 168 valence electrons. The molecule has 0 atom stereocenters. The van der Waals surface area contributed by atoms with E-state index < -0.39 is 11.7 Å². The van der Waals surface area contributed by atoms with Gasteiger partial charge in [-0.05, 0) is 58.6 Å². The van der Waals surface area contributed by atoms with Crippen LogP contribution in [0.2, 0.25) is 10.0 Å². The molecular formula is C21H26Cl2N4O3S. The number of nitrogens with zero attached hydrogens (tertiary/aromatic N) is 1. The second-order valence-electron chi connectivity index (χ2n) is 8.50. The van der Waals surface area contributed by atoms with Crippen molar-refractivity contribution in [2.75, 3.05) is 11.1 Å². The van der Waals surface area contributed by atoms with Gasteiger partial charge in [-0.2, -0.15) is 0 Å². The van der Waals surface area contributed by atoms with Crippen LogP contribution in [0.1, 0.15) is 61.7 Å². The molecule has 10 heteroatoms. The largest absolute Gasteiger partial charge is 0.444 e. The van der Waals surface area contributed by atoms with E-state index in [0.717, 1.165) is 25.7 Å². The van der Waals surface area contributed by atoms with Crippen LogP contribution in [0, 0.1) is 0 Å². The molecule has 1 amide bonds. The SMILES string of the molecule is CC(C)(C)OC(=O)NC1CCC(Nc2nc(N)c(C(=O)c3c(Cl)cccc3Cl)s2)CC1. The minimum Gasteiger partial charge on any atom is -0.444 e. The van der Waals surface area contributed by atoms with Crippen molar-refractivity contribution in [1.29, 1.82) is 0 Å². The molecule has 1 aliphatic rings. The number of hydrogen-bond acceptors (Lipinski definition) is 7. The Balaban J connectivity index is 1.58. The van der Waals surface area contributed by atoms with Crippen LogP contribution in [0.5, 0.6) is 0 Å². The van der Waals surface area contributed by atoms with Gasteiger partial charge < -0.3 is 21.1 Å². The molecule has 1 fully saturated rings. The molecule has 1 aromatic heterocycles. The van der Waals surface area contributed by atoms with Crippen molar-refractivity contribution in [3.05, 3.63) is 38.7 Å². The van der Waals surface area contributed by atoms with Gasteiger partial charge in [-0.15, -0.1) is 0 Å². The molecule has 4 N–H and O–H groups in total. The van der Waals surface area contributed by atoms with Crippen LogP contribution >= 0.6 is 34.5 Å². The fraction of sp³-hybridized carbons (Fsp3) is 0.476. The van der Waals surface area contributed by atoms with Gasteiger partial charge in [-0.3, -0.25) is 4.79 Å². The van der Waals surface area contributed by atoms with E-state index in [2.05, 4.69) is 15.6 Å². The first-order valence-electron chi connectivity index (χ1n) is 10.0. The Bertz CT molecular complexity index is 946. The molecule has 0 saturated heterocycles. The van der Waals surface area contributed by atoms with Gasteiger partial charge in [0.2, 0.25) is 5.78 Å². The van der Waals surface area contributed by atoms with E-state index in [9.17, 15) is 9.59 Å². The number of alkyl carbamates (subject to hydrolysis) is 1. The molecule has 2 aromatic rings. The Hall–Kier alpha value is -2.03. The highest BCUT2D eigenvalue weighted by molar-refractivity contribution is 7.18. The van der Waals surface area contributed by atoms with Gasteiger partial charge >= 0.3 is 6.09 Å². The lowest BCUT2D eigenvalue weighted by molar-refractivity contribution is 0.0492. The van der Waals surface area contributed by atoms with Crippen LogP contribution < -0.4 is 16.4 Å². The molecule has 1 aromatic carbocycles. The number of hydrogen-bond donors (Lipinski definition) is 3. The zero-order valence-electron chi connectivity index (χ0n) is 17.6. The molecular weight excluding hydrogens is 459 g/mol. The van der Waals surface area contributed by atoms with Gasteiger partial charge in [0, 0.05) is 12.1 Å². The summed E-state index contributed by atoms with van der Waals surface area (Å²) >= 11 is 13.5. The average molecular weight is 485 g/mol. The molecule has 0 aliphatic heterocycles. The van der Waals surface area contributed by atoms with Gasteiger partial charge in [0.05, 0.1) is 15.6 Å². The number of carbonyl (C=O) groups excluding carboxylic acids is 2. The van der Waals surface area contributed by atoms with Crippen LogP contribution in [0.3, 0.4) is 0 Å². The Morgan fingerprint density at radius 2 is 1.71 bits per heavy atom. The number of thiazole rings is 1. The van der Waals surface area contributed by atoms with Gasteiger partial charge in [-0.25, -0.2) is 9.78 Å². The average Bonchev–Trinajstić information content (AvgIpc) is 3.01. The van der Waals surface area contributed by atoms with Crippen LogP contribution in [0.4, 0.5) is 15.7 Å². The number of aromatic nitrogens is 1. The van der Waals surface area contributed by atoms with Crippen LogP contribution in [0.25, 0.3) is 0 Å². The number of nitrogens with two attached hydrogens (primary N) is 1. The number of halogens is 2. The zero-order valence-corrected chi connectivity index (χ0v) is 20.0. The quantitative estimate of drug-likeness (QED) is 0.482. The highest BCUT2D eigenvalue weighted by Gasteiger charge is 2.27. The smallest absolute Gasteiger partial charge is 0.407 e. The first-order valence-corrected chi connectivity index (χ1v) is 11.6. The predicted molar refractivity (Wildman–Crippen MR) is 125 cm³/mol. The lowest BCUT2D eigenvalue weighted by atomic mass is 9.91. The maximum atomic E-state index is 12.9. The predicted octanol–water partition coefficient (Wildman–Crippen LogP) is 5.51. The summed E-state index contributed by atoms with van der Waals surface area (Å²) in [5.74, 6) is -0.197. The van der Waals surface area contributed by atoms with E-state index in [-0.39, 0.29) is 39.3 Å². The monoisotopic (exact) mass is 484 g/mol. The summed E-state index contributed by atoms with van der Waals surface area (Å²) in [5, 5.41) is 7.40. The highest BCUT2D eigenvalue weighted by atomic mass is 35.5. The van der Waals surface area contributed by atoms with Crippen molar-refractivity contribution in [1.82, 2.24) is 10.3 Å². The zero-order chi connectivity index (χ0) is 22.8. The molecule has 1 aliphatic carbocycles. The minimum atomic E-state index is -0.517. The number of nitrogens with one attached hydrogen (secondary N) is 2. The molecule has 7 nitrogen and oxygen atoms in total. The Morgan fingerprint density at radius 1 is 1.13 bits per heavy atom. The van der Waals surface area contributed by atoms with Gasteiger partial charge in [0.15, 0.2) is 5.13 Å². The van der Waals surface area contributed by atoms with Crippen molar-refractivity contribution >= 4 is 57.4 Å². The lowest BCUT2D eigenvalue weighted by Gasteiger charge is -2.30. The third kappa shape index (κ3) is 6.24. The number of amides is 1. The second kappa shape index (κ2) is 9.63. The molecule has 0 spiro atoms. The lowest BCUT2D eigenvalue weighted by Crippen LogP contribution is -2.42. The molecule has 0 unspecified atom stereocenters. The van der Waals surface area contributed by atoms with Crippen molar-refractivity contribution in [2.45, 2.75) is 64.1 Å². The summed E-state index contributed by atoms with van der Waals surface area (Å²) in [5.41, 5.74) is 5.71. The maximum absolute atomic E-state index is 12.9. The van der Waals surface area contributed by atoms with Crippen molar-refractivity contribution in [2.24, 2.45) is 0 Å². The summed E-state index contributed by atoms with van der Waals surface area (Å²) in [7, 11) is 0. The van der Waals surface area contributed by atoms with Crippen molar-refractivity contribution < 1.29 is 14.3 Å². The number of ether oxygens (including phenoxy) is 1. The first-order chi connectivity index (χ1) is 14.5. The second-order valence-corrected chi connectivity index (χ2v) is 10.3. The number of rotatable bonds is 5. The van der Waals surface area contributed by atoms with Crippen molar-refractivity contribution in [3.63, 3.8) is 0 Å². The van der Waals surface area contributed by atoms with E-state index in [1.54, 1.807) is 18.2 Å². The number of nitrogen functional groups attached to an aromatic ring is 1. The van der Waals surface area contributed by atoms with Crippen LogP contribution in [-0.4, -0.2) is 34.5 Å². The molecule has 31 heavy (non-hydrogen) atoms. The molecule has 0 bridgehead atoms. The molecule has 3 rings (SSSR count). The van der Waals surface area contributed by atoms with Crippen molar-refractivity contribution in [3.8, 4) is 0 Å². The minimum absolute atomic E-state index is 0.0776. The van der Waals surface area contributed by atoms with Gasteiger partial charge in [0.25, 0.3) is 0 Å². The van der Waals surface area contributed by atoms with Gasteiger partial charge in [-0.1, -0.05) is 40.6 Å². The third-order valence-electron chi connectivity index (χ3n) is 4.83. The fourth-order valence-corrected chi connectivity index (χ4v) is 4.89. The summed E-state index contributed by atoms with van der Waals surface area (Å²) in [6.07, 6.45) is 2.94. The standard InChI is InChI=1S/C21H26Cl2N4O3S/c1-21(2,3)30-20(29)26-12-9-7-11(8-10-12)25-19-27-18(24)17(31-19)16(28)15-13(22)5-4-6-14(15)23/h4-6,11-12H,7-10,24H2,1-3H3,(H,25,27)(H,26,29). The number of benzene rings is 1. The Labute approximate surface area is 195 Å². The van der Waals surface area contributed by atoms with Gasteiger partial charge in [0.1, 0.15) is 16.3 Å². The summed E-state index contributed by atoms with van der Waals surface area (Å²) < 4.78 is 5.32. The van der Waals surface area contributed by atoms with E-state index in [4.69, 9.17) is 33.7 Å². The number of ketones is 1. The number of anilines is 2. The van der Waals surface area contributed by atoms with Crippen LogP contribution in [0.15, 0.2) is 18.2 Å². The topological polar surface area (TPSA) is 106 Å². The van der Waals surface area contributed by atoms with E-state index in [1.165, 1.54) is 11.3 Å². The molecule has 0 radical (unpaired) electrons. The summed E-state index contributed by atoms with van der Waals surface area (Å²) in [4.78, 5) is 29.5. The third-order valence-corrected chi connectivity index (χ3v) is 6.46. The summed E-state index contributed by atoms with van der Waals surface area (Å²) in [6, 6.07) is 5.16. The van der Waals surface area contributed by atoms with E-state index >= 15 is 0 Å². The van der Waals surface area contributed by atoms with E-state index in [0.29, 0.717) is 10.0 Å². The normalized spacial score (nSPS) is 19.0. The fourth-order valence-electron chi connectivity index (χ4n) is 3.42. The van der Waals surface area contributed by atoms with E-state index in [1.807, 2.05) is 20.8 Å². The number of carbonyl (C=O) groups is 2. The molecule has 1 saturated carbocycles. The maximum Gasteiger partial charge on any atom is 0.407 e. The summed E-state index contributed by atoms with van der Waals surface area (Å²) in [6.45, 7) is 5.52. The Kier molecular flexibility index (Phi) is 7.34. The molecule has 1 heterocycles. The Morgan fingerprint density at radius 3 is 2.29 bits per heavy atom.